The van der Waals surface area contributed by atoms with Crippen LogP contribution in [0.2, 0.25) is 0 Å². The normalized spacial score (nSPS) is 10.4. The highest BCUT2D eigenvalue weighted by Crippen LogP contribution is 2.30. The van der Waals surface area contributed by atoms with Crippen LogP contribution in [0.4, 0.5) is 0 Å². The van der Waals surface area contributed by atoms with Gasteiger partial charge in [-0.3, -0.25) is 4.79 Å². The van der Waals surface area contributed by atoms with Crippen molar-refractivity contribution in [2.24, 2.45) is 0 Å². The zero-order chi connectivity index (χ0) is 18.4. The first kappa shape index (κ1) is 18.8. The Morgan fingerprint density at radius 3 is 2.16 bits per heavy atom. The first-order valence-electron chi connectivity index (χ1n) is 8.05. The lowest BCUT2D eigenvalue weighted by molar-refractivity contribution is 0.0784. The van der Waals surface area contributed by atoms with E-state index >= 15 is 0 Å². The lowest BCUT2D eigenvalue weighted by atomic mass is 10.1. The lowest BCUT2D eigenvalue weighted by Crippen LogP contribution is -2.26. The number of hydrogen-bond acceptors (Lipinski definition) is 4. The van der Waals surface area contributed by atoms with Crippen molar-refractivity contribution in [2.75, 3.05) is 28.4 Å². The Hall–Kier alpha value is -2.53. The van der Waals surface area contributed by atoms with E-state index in [0.717, 1.165) is 16.7 Å². The van der Waals surface area contributed by atoms with Gasteiger partial charge in [0.2, 0.25) is 0 Å². The molecule has 25 heavy (non-hydrogen) atoms. The van der Waals surface area contributed by atoms with Crippen LogP contribution < -0.4 is 9.47 Å². The zero-order valence-electron chi connectivity index (χ0n) is 15.5. The lowest BCUT2D eigenvalue weighted by Gasteiger charge is -2.20. The fourth-order valence-corrected chi connectivity index (χ4v) is 2.65. The number of benzene rings is 2. The second kappa shape index (κ2) is 8.53. The summed E-state index contributed by atoms with van der Waals surface area (Å²) < 4.78 is 15.8. The van der Waals surface area contributed by atoms with Crippen LogP contribution in [0.5, 0.6) is 11.5 Å². The highest BCUT2D eigenvalue weighted by molar-refractivity contribution is 5.94. The molecule has 0 aromatic heterocycles. The van der Waals surface area contributed by atoms with Crippen molar-refractivity contribution in [1.82, 2.24) is 4.90 Å². The van der Waals surface area contributed by atoms with Crippen LogP contribution in [0, 0.1) is 6.92 Å². The summed E-state index contributed by atoms with van der Waals surface area (Å²) in [7, 11) is 6.66. The maximum atomic E-state index is 12.6. The van der Waals surface area contributed by atoms with Crippen molar-refractivity contribution in [1.29, 1.82) is 0 Å². The van der Waals surface area contributed by atoms with Gasteiger partial charge in [-0.05, 0) is 47.9 Å². The third kappa shape index (κ3) is 4.51. The van der Waals surface area contributed by atoms with Crippen LogP contribution in [0.15, 0.2) is 36.4 Å². The fourth-order valence-electron chi connectivity index (χ4n) is 2.65. The molecule has 0 aliphatic rings. The molecule has 2 aromatic carbocycles. The smallest absolute Gasteiger partial charge is 0.253 e. The molecule has 134 valence electrons. The van der Waals surface area contributed by atoms with Crippen LogP contribution in [-0.2, 0) is 17.9 Å². The van der Waals surface area contributed by atoms with E-state index in [4.69, 9.17) is 14.2 Å². The minimum absolute atomic E-state index is 0.0295. The molecule has 5 heteroatoms. The minimum atomic E-state index is -0.0295. The molecule has 1 amide bonds. The molecule has 0 fully saturated rings. The van der Waals surface area contributed by atoms with Crippen molar-refractivity contribution in [3.05, 3.63) is 58.7 Å². The Balaban J connectivity index is 2.15. The predicted molar refractivity (Wildman–Crippen MR) is 97.2 cm³/mol. The molecule has 0 bridgehead atoms. The quantitative estimate of drug-likeness (QED) is 0.773. The Morgan fingerprint density at radius 2 is 1.60 bits per heavy atom. The van der Waals surface area contributed by atoms with Crippen LogP contribution in [-0.4, -0.2) is 39.2 Å². The van der Waals surface area contributed by atoms with Gasteiger partial charge in [-0.15, -0.1) is 0 Å². The van der Waals surface area contributed by atoms with Gasteiger partial charge in [0, 0.05) is 26.3 Å². The molecule has 2 rings (SSSR count). The molecule has 5 nitrogen and oxygen atoms in total. The third-order valence-corrected chi connectivity index (χ3v) is 4.11. The number of rotatable bonds is 7. The summed E-state index contributed by atoms with van der Waals surface area (Å²) in [6, 6.07) is 11.3. The number of nitrogens with zero attached hydrogens (tertiary/aromatic N) is 1. The molecule has 0 saturated heterocycles. The first-order chi connectivity index (χ1) is 12.0. The molecule has 0 aliphatic carbocycles. The number of methoxy groups -OCH3 is 3. The molecular weight excluding hydrogens is 318 g/mol. The highest BCUT2D eigenvalue weighted by atomic mass is 16.5. The topological polar surface area (TPSA) is 48.0 Å². The average Bonchev–Trinajstić information content (AvgIpc) is 2.63. The van der Waals surface area contributed by atoms with E-state index in [9.17, 15) is 4.79 Å². The second-order valence-corrected chi connectivity index (χ2v) is 5.92. The van der Waals surface area contributed by atoms with Gasteiger partial charge in [0.15, 0.2) is 11.5 Å². The molecule has 0 atom stereocenters. The summed E-state index contributed by atoms with van der Waals surface area (Å²) in [5.41, 5.74) is 3.76. The zero-order valence-corrected chi connectivity index (χ0v) is 15.5. The Bertz CT molecular complexity index is 725. The monoisotopic (exact) mass is 343 g/mol. The highest BCUT2D eigenvalue weighted by Gasteiger charge is 2.15. The summed E-state index contributed by atoms with van der Waals surface area (Å²) in [5, 5.41) is 0. The van der Waals surface area contributed by atoms with Crippen molar-refractivity contribution in [3.8, 4) is 11.5 Å². The summed E-state index contributed by atoms with van der Waals surface area (Å²) in [4.78, 5) is 14.3. The number of carbonyl (C=O) groups is 1. The summed E-state index contributed by atoms with van der Waals surface area (Å²) in [6.07, 6.45) is 0. The summed E-state index contributed by atoms with van der Waals surface area (Å²) in [5.74, 6) is 1.32. The van der Waals surface area contributed by atoms with E-state index in [1.165, 1.54) is 0 Å². The maximum Gasteiger partial charge on any atom is 0.253 e. The van der Waals surface area contributed by atoms with Gasteiger partial charge < -0.3 is 19.1 Å². The number of aryl methyl sites for hydroxylation is 1. The molecule has 2 aromatic rings. The van der Waals surface area contributed by atoms with Crippen LogP contribution in [0.25, 0.3) is 0 Å². The Kier molecular flexibility index (Phi) is 6.42. The van der Waals surface area contributed by atoms with E-state index in [1.54, 1.807) is 33.3 Å². The van der Waals surface area contributed by atoms with Gasteiger partial charge in [-0.1, -0.05) is 12.1 Å². The molecule has 0 N–H and O–H groups in total. The second-order valence-electron chi connectivity index (χ2n) is 5.92. The third-order valence-electron chi connectivity index (χ3n) is 4.11. The van der Waals surface area contributed by atoms with E-state index in [-0.39, 0.29) is 5.91 Å². The van der Waals surface area contributed by atoms with Crippen molar-refractivity contribution >= 4 is 5.91 Å². The van der Waals surface area contributed by atoms with E-state index < -0.39 is 0 Å². The van der Waals surface area contributed by atoms with Gasteiger partial charge >= 0.3 is 0 Å². The van der Waals surface area contributed by atoms with Crippen molar-refractivity contribution in [2.45, 2.75) is 20.1 Å². The summed E-state index contributed by atoms with van der Waals surface area (Å²) >= 11 is 0. The van der Waals surface area contributed by atoms with Crippen molar-refractivity contribution in [3.63, 3.8) is 0 Å². The molecule has 0 heterocycles. The molecule has 0 saturated carbocycles. The Morgan fingerprint density at radius 1 is 1.00 bits per heavy atom. The van der Waals surface area contributed by atoms with E-state index in [1.807, 2.05) is 43.3 Å². The standard InChI is InChI=1S/C20H25NO4/c1-14-10-18(24-4)19(25-5)11-17(14)12-21(2)20(22)16-8-6-15(7-9-16)13-23-3/h6-11H,12-13H2,1-5H3. The van der Waals surface area contributed by atoms with Crippen molar-refractivity contribution < 1.29 is 19.0 Å². The largest absolute Gasteiger partial charge is 0.493 e. The molecule has 0 spiro atoms. The van der Waals surface area contributed by atoms with Crippen LogP contribution >= 0.6 is 0 Å². The fraction of sp³-hybridized carbons (Fsp3) is 0.350. The van der Waals surface area contributed by atoms with E-state index in [0.29, 0.717) is 30.2 Å². The van der Waals surface area contributed by atoms with Crippen LogP contribution in [0.1, 0.15) is 27.0 Å². The first-order valence-corrected chi connectivity index (χ1v) is 8.05. The van der Waals surface area contributed by atoms with Gasteiger partial charge in [0.25, 0.3) is 5.91 Å². The number of amides is 1. The molecule has 0 aliphatic heterocycles. The number of ether oxygens (including phenoxy) is 3. The minimum Gasteiger partial charge on any atom is -0.493 e. The van der Waals surface area contributed by atoms with Gasteiger partial charge in [-0.25, -0.2) is 0 Å². The van der Waals surface area contributed by atoms with E-state index in [2.05, 4.69) is 0 Å². The Labute approximate surface area is 149 Å². The molecule has 0 radical (unpaired) electrons. The van der Waals surface area contributed by atoms with Crippen LogP contribution in [0.3, 0.4) is 0 Å². The molecular formula is C20H25NO4. The predicted octanol–water partition coefficient (Wildman–Crippen LogP) is 3.43. The average molecular weight is 343 g/mol. The summed E-state index contributed by atoms with van der Waals surface area (Å²) in [6.45, 7) is 3.02. The number of carbonyl (C=O) groups excluding carboxylic acids is 1. The maximum absolute atomic E-state index is 12.6. The van der Waals surface area contributed by atoms with Gasteiger partial charge in [0.1, 0.15) is 0 Å². The SMILES string of the molecule is COCc1ccc(C(=O)N(C)Cc2cc(OC)c(OC)cc2C)cc1. The number of hydrogen-bond donors (Lipinski definition) is 0. The van der Waals surface area contributed by atoms with Gasteiger partial charge in [-0.2, -0.15) is 0 Å². The van der Waals surface area contributed by atoms with Gasteiger partial charge in [0.05, 0.1) is 20.8 Å². The molecule has 0 unspecified atom stereocenters.